The van der Waals surface area contributed by atoms with Crippen LogP contribution in [0.25, 0.3) is 0 Å². The Kier molecular flexibility index (Phi) is 6.49. The highest BCUT2D eigenvalue weighted by Gasteiger charge is 2.40. The lowest BCUT2D eigenvalue weighted by molar-refractivity contribution is 0.0343. The van der Waals surface area contributed by atoms with Gasteiger partial charge in [0.2, 0.25) is 0 Å². The summed E-state index contributed by atoms with van der Waals surface area (Å²) in [6.07, 6.45) is 6.47. The van der Waals surface area contributed by atoms with Gasteiger partial charge in [-0.15, -0.1) is 0 Å². The molecule has 0 spiro atoms. The Morgan fingerprint density at radius 3 is 2.25 bits per heavy atom. The van der Waals surface area contributed by atoms with Crippen LogP contribution in [-0.4, -0.2) is 55.1 Å². The summed E-state index contributed by atoms with van der Waals surface area (Å²) >= 11 is 0. The fourth-order valence-electron chi connectivity index (χ4n) is 4.07. The van der Waals surface area contributed by atoms with Gasteiger partial charge in [0.25, 0.3) is 0 Å². The van der Waals surface area contributed by atoms with E-state index in [1.54, 1.807) is 0 Å². The molecule has 3 heteroatoms. The van der Waals surface area contributed by atoms with Crippen molar-refractivity contribution in [3.8, 4) is 0 Å². The third kappa shape index (κ3) is 4.44. The predicted molar refractivity (Wildman–Crippen MR) is 89.0 cm³/mol. The van der Waals surface area contributed by atoms with Gasteiger partial charge in [0.15, 0.2) is 0 Å². The molecule has 0 aromatic heterocycles. The van der Waals surface area contributed by atoms with E-state index in [-0.39, 0.29) is 5.54 Å². The van der Waals surface area contributed by atoms with Crippen LogP contribution in [0.2, 0.25) is 0 Å². The van der Waals surface area contributed by atoms with Gasteiger partial charge in [0, 0.05) is 24.7 Å². The first kappa shape index (κ1) is 17.9. The van der Waals surface area contributed by atoms with Gasteiger partial charge in [-0.2, -0.15) is 0 Å². The smallest absolute Gasteiger partial charge is 0.0335 e. The summed E-state index contributed by atoms with van der Waals surface area (Å²) in [5, 5.41) is 0. The maximum absolute atomic E-state index is 6.29. The highest BCUT2D eigenvalue weighted by Crippen LogP contribution is 2.41. The summed E-state index contributed by atoms with van der Waals surface area (Å²) in [5.74, 6) is 0. The van der Waals surface area contributed by atoms with Crippen molar-refractivity contribution >= 4 is 0 Å². The third-order valence-electron chi connectivity index (χ3n) is 5.25. The highest BCUT2D eigenvalue weighted by molar-refractivity contribution is 4.97. The fraction of sp³-hybridized carbons (Fsp3) is 1.00. The molecule has 2 atom stereocenters. The first-order valence-corrected chi connectivity index (χ1v) is 8.38. The fourth-order valence-corrected chi connectivity index (χ4v) is 4.07. The van der Waals surface area contributed by atoms with Gasteiger partial charge in [-0.3, -0.25) is 4.90 Å². The van der Waals surface area contributed by atoms with E-state index in [4.69, 9.17) is 5.73 Å². The van der Waals surface area contributed by atoms with E-state index in [9.17, 15) is 0 Å². The van der Waals surface area contributed by atoms with Gasteiger partial charge >= 0.3 is 0 Å². The van der Waals surface area contributed by atoms with E-state index in [0.717, 1.165) is 19.6 Å². The summed E-state index contributed by atoms with van der Waals surface area (Å²) in [4.78, 5) is 4.98. The Morgan fingerprint density at radius 2 is 1.75 bits per heavy atom. The minimum atomic E-state index is 0.220. The van der Waals surface area contributed by atoms with Crippen molar-refractivity contribution in [2.75, 3.05) is 33.7 Å². The monoisotopic (exact) mass is 283 g/mol. The molecule has 1 fully saturated rings. The number of nitrogens with two attached hydrogens (primary N) is 1. The summed E-state index contributed by atoms with van der Waals surface area (Å²) in [6.45, 7) is 12.5. The predicted octanol–water partition coefficient (Wildman–Crippen LogP) is 2.95. The zero-order valence-corrected chi connectivity index (χ0v) is 14.7. The molecule has 1 rings (SSSR count). The lowest BCUT2D eigenvalue weighted by Gasteiger charge is -2.47. The van der Waals surface area contributed by atoms with Crippen LogP contribution >= 0.6 is 0 Å². The molecule has 1 saturated carbocycles. The van der Waals surface area contributed by atoms with E-state index in [0.29, 0.717) is 11.5 Å². The maximum atomic E-state index is 6.29. The lowest BCUT2D eigenvalue weighted by Crippen LogP contribution is -2.58. The van der Waals surface area contributed by atoms with Crippen molar-refractivity contribution in [2.45, 2.75) is 71.4 Å². The molecule has 0 heterocycles. The second-order valence-electron chi connectivity index (χ2n) is 7.84. The molecule has 1 aliphatic rings. The number of hydrogen-bond donors (Lipinski definition) is 1. The van der Waals surface area contributed by atoms with Crippen LogP contribution in [0, 0.1) is 5.41 Å². The van der Waals surface area contributed by atoms with Gasteiger partial charge in [0.1, 0.15) is 0 Å². The molecule has 0 saturated heterocycles. The molecule has 0 amide bonds. The van der Waals surface area contributed by atoms with Crippen LogP contribution in [0.4, 0.5) is 0 Å². The number of hydrogen-bond acceptors (Lipinski definition) is 3. The maximum Gasteiger partial charge on any atom is 0.0335 e. The SMILES string of the molecule is CCN(C(C)CN(C)C)C1(CN)CCCC(C)(C)CC1. The molecule has 2 N–H and O–H groups in total. The topological polar surface area (TPSA) is 32.5 Å². The Bertz CT molecular complexity index is 288. The molecule has 0 bridgehead atoms. The molecule has 0 aliphatic heterocycles. The van der Waals surface area contributed by atoms with E-state index in [2.05, 4.69) is 51.6 Å². The Morgan fingerprint density at radius 1 is 1.10 bits per heavy atom. The van der Waals surface area contributed by atoms with Crippen LogP contribution < -0.4 is 5.73 Å². The van der Waals surface area contributed by atoms with Gasteiger partial charge in [-0.05, 0) is 58.7 Å². The third-order valence-corrected chi connectivity index (χ3v) is 5.25. The van der Waals surface area contributed by atoms with E-state index in [1.165, 1.54) is 32.1 Å². The van der Waals surface area contributed by atoms with Crippen LogP contribution in [0.3, 0.4) is 0 Å². The summed E-state index contributed by atoms with van der Waals surface area (Å²) in [5.41, 5.74) is 6.99. The molecule has 2 unspecified atom stereocenters. The molecule has 0 radical (unpaired) electrons. The minimum Gasteiger partial charge on any atom is -0.329 e. The lowest BCUT2D eigenvalue weighted by atomic mass is 9.82. The molecule has 1 aliphatic carbocycles. The Balaban J connectivity index is 2.89. The molecule has 3 nitrogen and oxygen atoms in total. The highest BCUT2D eigenvalue weighted by atomic mass is 15.3. The normalized spacial score (nSPS) is 28.6. The summed E-state index contributed by atoms with van der Waals surface area (Å²) < 4.78 is 0. The van der Waals surface area contributed by atoms with Crippen molar-refractivity contribution in [3.05, 3.63) is 0 Å². The number of rotatable bonds is 6. The number of likely N-dealkylation sites (N-methyl/N-ethyl adjacent to an activating group) is 2. The van der Waals surface area contributed by atoms with Gasteiger partial charge < -0.3 is 10.6 Å². The van der Waals surface area contributed by atoms with E-state index < -0.39 is 0 Å². The van der Waals surface area contributed by atoms with Crippen LogP contribution in [0.15, 0.2) is 0 Å². The first-order chi connectivity index (χ1) is 9.26. The van der Waals surface area contributed by atoms with Crippen molar-refractivity contribution in [1.29, 1.82) is 0 Å². The molecular weight excluding hydrogens is 246 g/mol. The quantitative estimate of drug-likeness (QED) is 0.761. The molecule has 0 aromatic rings. The number of nitrogens with zero attached hydrogens (tertiary/aromatic N) is 2. The standard InChI is InChI=1S/C17H37N3/c1-7-20(15(2)13-19(5)6)17(14-18)10-8-9-16(3,4)11-12-17/h15H,7-14,18H2,1-6H3. The molecule has 0 aromatic carbocycles. The average Bonchev–Trinajstić information content (AvgIpc) is 2.49. The van der Waals surface area contributed by atoms with Crippen LogP contribution in [0.1, 0.15) is 59.8 Å². The second-order valence-corrected chi connectivity index (χ2v) is 7.84. The Labute approximate surface area is 126 Å². The second kappa shape index (κ2) is 7.24. The van der Waals surface area contributed by atoms with Gasteiger partial charge in [-0.25, -0.2) is 0 Å². The zero-order chi connectivity index (χ0) is 15.4. The van der Waals surface area contributed by atoms with E-state index >= 15 is 0 Å². The summed E-state index contributed by atoms with van der Waals surface area (Å²) in [7, 11) is 4.32. The largest absolute Gasteiger partial charge is 0.329 e. The van der Waals surface area contributed by atoms with Crippen LogP contribution in [0.5, 0.6) is 0 Å². The van der Waals surface area contributed by atoms with Gasteiger partial charge in [0.05, 0.1) is 0 Å². The summed E-state index contributed by atoms with van der Waals surface area (Å²) in [6, 6.07) is 0.569. The minimum absolute atomic E-state index is 0.220. The Hall–Kier alpha value is -0.120. The van der Waals surface area contributed by atoms with Gasteiger partial charge in [-0.1, -0.05) is 27.2 Å². The molecule has 120 valence electrons. The van der Waals surface area contributed by atoms with Crippen molar-refractivity contribution in [3.63, 3.8) is 0 Å². The zero-order valence-electron chi connectivity index (χ0n) is 14.7. The molecule has 20 heavy (non-hydrogen) atoms. The van der Waals surface area contributed by atoms with Crippen molar-refractivity contribution in [1.82, 2.24) is 9.80 Å². The van der Waals surface area contributed by atoms with E-state index in [1.807, 2.05) is 0 Å². The van der Waals surface area contributed by atoms with Crippen molar-refractivity contribution < 1.29 is 0 Å². The van der Waals surface area contributed by atoms with Crippen molar-refractivity contribution in [2.24, 2.45) is 11.1 Å². The average molecular weight is 284 g/mol. The van der Waals surface area contributed by atoms with Crippen LogP contribution in [-0.2, 0) is 0 Å². The molecular formula is C17H37N3. The first-order valence-electron chi connectivity index (χ1n) is 8.38.